The third kappa shape index (κ3) is 4.66. The Morgan fingerprint density at radius 1 is 1.04 bits per heavy atom. The summed E-state index contributed by atoms with van der Waals surface area (Å²) < 4.78 is 33.3. The molecular weight excluding hydrogens is 348 g/mol. The second-order valence-corrected chi connectivity index (χ2v) is 10.4. The van der Waals surface area contributed by atoms with Crippen LogP contribution in [-0.2, 0) is 20.2 Å². The van der Waals surface area contributed by atoms with Gasteiger partial charge in [-0.2, -0.15) is 4.31 Å². The van der Waals surface area contributed by atoms with E-state index in [9.17, 15) is 8.42 Å². The van der Waals surface area contributed by atoms with Crippen molar-refractivity contribution in [3.05, 3.63) is 29.8 Å². The minimum atomic E-state index is -3.41. The van der Waals surface area contributed by atoms with Crippen molar-refractivity contribution in [1.29, 1.82) is 0 Å². The molecule has 1 aromatic carbocycles. The van der Waals surface area contributed by atoms with E-state index in [4.69, 9.17) is 4.74 Å². The normalized spacial score (nSPS) is 23.9. The third-order valence-electron chi connectivity index (χ3n) is 5.43. The SMILES string of the molecule is CC(C)(C)c1ccc(S(=O)(=O)N2CCN(C[C@@H]3CCCCO3)CC2)cc1. The first-order valence-corrected chi connectivity index (χ1v) is 11.2. The molecule has 2 aliphatic heterocycles. The molecule has 0 radical (unpaired) electrons. The fraction of sp³-hybridized carbons (Fsp3) is 0.700. The van der Waals surface area contributed by atoms with Gasteiger partial charge in [0.1, 0.15) is 0 Å². The number of benzene rings is 1. The van der Waals surface area contributed by atoms with Gasteiger partial charge in [-0.05, 0) is 42.4 Å². The van der Waals surface area contributed by atoms with Crippen LogP contribution in [0.3, 0.4) is 0 Å². The van der Waals surface area contributed by atoms with E-state index in [1.54, 1.807) is 16.4 Å². The Bertz CT molecular complexity index is 681. The predicted octanol–water partition coefficient (Wildman–Crippen LogP) is 2.86. The van der Waals surface area contributed by atoms with E-state index < -0.39 is 10.0 Å². The van der Waals surface area contributed by atoms with Crippen LogP contribution in [-0.4, -0.2) is 63.1 Å². The van der Waals surface area contributed by atoms with Crippen molar-refractivity contribution in [2.45, 2.75) is 56.4 Å². The average Bonchev–Trinajstić information content (AvgIpc) is 2.62. The van der Waals surface area contributed by atoms with E-state index in [2.05, 4.69) is 25.7 Å². The molecule has 2 aliphatic rings. The lowest BCUT2D eigenvalue weighted by Gasteiger charge is -2.36. The maximum atomic E-state index is 12.9. The van der Waals surface area contributed by atoms with Gasteiger partial charge in [0.2, 0.25) is 10.0 Å². The molecule has 2 fully saturated rings. The van der Waals surface area contributed by atoms with Crippen molar-refractivity contribution in [1.82, 2.24) is 9.21 Å². The van der Waals surface area contributed by atoms with Gasteiger partial charge in [0, 0.05) is 39.3 Å². The molecule has 2 saturated heterocycles. The van der Waals surface area contributed by atoms with Gasteiger partial charge in [0.05, 0.1) is 11.0 Å². The summed E-state index contributed by atoms with van der Waals surface area (Å²) in [5.41, 5.74) is 1.17. The zero-order valence-electron chi connectivity index (χ0n) is 16.3. The molecule has 2 heterocycles. The fourth-order valence-corrected chi connectivity index (χ4v) is 5.09. The highest BCUT2D eigenvalue weighted by Gasteiger charge is 2.30. The molecule has 0 bridgehead atoms. The van der Waals surface area contributed by atoms with Gasteiger partial charge >= 0.3 is 0 Å². The quantitative estimate of drug-likeness (QED) is 0.806. The first kappa shape index (κ1) is 19.8. The highest BCUT2D eigenvalue weighted by molar-refractivity contribution is 7.89. The van der Waals surface area contributed by atoms with Crippen LogP contribution in [0.5, 0.6) is 0 Å². The minimum Gasteiger partial charge on any atom is -0.377 e. The van der Waals surface area contributed by atoms with Gasteiger partial charge in [-0.15, -0.1) is 0 Å². The predicted molar refractivity (Wildman–Crippen MR) is 104 cm³/mol. The van der Waals surface area contributed by atoms with Crippen molar-refractivity contribution in [2.24, 2.45) is 0 Å². The van der Waals surface area contributed by atoms with Crippen LogP contribution >= 0.6 is 0 Å². The number of nitrogens with zero attached hydrogens (tertiary/aromatic N) is 2. The van der Waals surface area contributed by atoms with Crippen LogP contribution in [0, 0.1) is 0 Å². The molecule has 0 aromatic heterocycles. The largest absolute Gasteiger partial charge is 0.377 e. The summed E-state index contributed by atoms with van der Waals surface area (Å²) in [5.74, 6) is 0. The molecule has 5 nitrogen and oxygen atoms in total. The molecule has 26 heavy (non-hydrogen) atoms. The summed E-state index contributed by atoms with van der Waals surface area (Å²) in [7, 11) is -3.41. The van der Waals surface area contributed by atoms with E-state index in [1.807, 2.05) is 12.1 Å². The number of hydrogen-bond donors (Lipinski definition) is 0. The topological polar surface area (TPSA) is 49.9 Å². The molecule has 1 atom stereocenters. The Balaban J connectivity index is 1.59. The summed E-state index contributed by atoms with van der Waals surface area (Å²) in [6.07, 6.45) is 3.84. The fourth-order valence-electron chi connectivity index (χ4n) is 3.67. The molecule has 0 saturated carbocycles. The molecular formula is C20H32N2O3S. The highest BCUT2D eigenvalue weighted by atomic mass is 32.2. The number of sulfonamides is 1. The molecule has 0 amide bonds. The third-order valence-corrected chi connectivity index (χ3v) is 7.34. The molecule has 0 aliphatic carbocycles. The Morgan fingerprint density at radius 2 is 1.69 bits per heavy atom. The maximum Gasteiger partial charge on any atom is 0.243 e. The van der Waals surface area contributed by atoms with Gasteiger partial charge in [0.25, 0.3) is 0 Å². The Morgan fingerprint density at radius 3 is 2.23 bits per heavy atom. The van der Waals surface area contributed by atoms with Gasteiger partial charge in [-0.25, -0.2) is 8.42 Å². The van der Waals surface area contributed by atoms with E-state index in [1.165, 1.54) is 6.42 Å². The lowest BCUT2D eigenvalue weighted by atomic mass is 9.87. The first-order chi connectivity index (χ1) is 12.3. The minimum absolute atomic E-state index is 0.0229. The number of hydrogen-bond acceptors (Lipinski definition) is 4. The monoisotopic (exact) mass is 380 g/mol. The molecule has 3 rings (SSSR count). The van der Waals surface area contributed by atoms with Crippen LogP contribution in [0.25, 0.3) is 0 Å². The van der Waals surface area contributed by atoms with Crippen LogP contribution < -0.4 is 0 Å². The molecule has 0 spiro atoms. The summed E-state index contributed by atoms with van der Waals surface area (Å²) in [5, 5.41) is 0. The molecule has 146 valence electrons. The number of piperazine rings is 1. The highest BCUT2D eigenvalue weighted by Crippen LogP contribution is 2.25. The zero-order chi connectivity index (χ0) is 18.8. The molecule has 1 aromatic rings. The smallest absolute Gasteiger partial charge is 0.243 e. The van der Waals surface area contributed by atoms with Crippen molar-refractivity contribution < 1.29 is 13.2 Å². The number of ether oxygens (including phenoxy) is 1. The van der Waals surface area contributed by atoms with E-state index in [0.717, 1.165) is 44.6 Å². The Labute approximate surface area is 158 Å². The van der Waals surface area contributed by atoms with E-state index in [-0.39, 0.29) is 5.41 Å². The molecule has 6 heteroatoms. The number of rotatable bonds is 4. The van der Waals surface area contributed by atoms with Crippen LogP contribution in [0.15, 0.2) is 29.2 Å². The Kier molecular flexibility index (Phi) is 6.07. The van der Waals surface area contributed by atoms with E-state index >= 15 is 0 Å². The molecule has 0 unspecified atom stereocenters. The summed E-state index contributed by atoms with van der Waals surface area (Å²) >= 11 is 0. The summed E-state index contributed by atoms with van der Waals surface area (Å²) in [6.45, 7) is 10.8. The summed E-state index contributed by atoms with van der Waals surface area (Å²) in [4.78, 5) is 2.74. The molecule has 0 N–H and O–H groups in total. The van der Waals surface area contributed by atoms with Crippen molar-refractivity contribution in [3.8, 4) is 0 Å². The first-order valence-electron chi connectivity index (χ1n) is 9.71. The maximum absolute atomic E-state index is 12.9. The second-order valence-electron chi connectivity index (χ2n) is 8.47. The van der Waals surface area contributed by atoms with Crippen LogP contribution in [0.4, 0.5) is 0 Å². The lowest BCUT2D eigenvalue weighted by Crippen LogP contribution is -2.50. The second kappa shape index (κ2) is 7.97. The van der Waals surface area contributed by atoms with Crippen molar-refractivity contribution in [2.75, 3.05) is 39.3 Å². The standard InChI is InChI=1S/C20H32N2O3S/c1-20(2,3)17-7-9-19(10-8-17)26(23,24)22-13-11-21(12-14-22)16-18-6-4-5-15-25-18/h7-10,18H,4-6,11-16H2,1-3H3/t18-/m0/s1. The van der Waals surface area contributed by atoms with Gasteiger partial charge in [-0.1, -0.05) is 32.9 Å². The van der Waals surface area contributed by atoms with E-state index in [0.29, 0.717) is 24.1 Å². The lowest BCUT2D eigenvalue weighted by molar-refractivity contribution is -0.0103. The average molecular weight is 381 g/mol. The van der Waals surface area contributed by atoms with Crippen LogP contribution in [0.2, 0.25) is 0 Å². The van der Waals surface area contributed by atoms with Gasteiger partial charge < -0.3 is 4.74 Å². The van der Waals surface area contributed by atoms with Crippen molar-refractivity contribution in [3.63, 3.8) is 0 Å². The van der Waals surface area contributed by atoms with Gasteiger partial charge in [-0.3, -0.25) is 4.90 Å². The van der Waals surface area contributed by atoms with Crippen molar-refractivity contribution >= 4 is 10.0 Å². The summed E-state index contributed by atoms with van der Waals surface area (Å²) in [6, 6.07) is 7.36. The zero-order valence-corrected chi connectivity index (χ0v) is 17.1. The van der Waals surface area contributed by atoms with Gasteiger partial charge in [0.15, 0.2) is 0 Å². The Hall–Kier alpha value is -0.950. The van der Waals surface area contributed by atoms with Crippen LogP contribution in [0.1, 0.15) is 45.6 Å².